The second-order valence-electron chi connectivity index (χ2n) is 6.21. The maximum absolute atomic E-state index is 11.7. The molecule has 6 heteroatoms. The van der Waals surface area contributed by atoms with Gasteiger partial charge in [0.15, 0.2) is 5.82 Å². The Balaban J connectivity index is 2.69. The zero-order chi connectivity index (χ0) is 15.9. The molecule has 2 N–H and O–H groups in total. The van der Waals surface area contributed by atoms with Crippen molar-refractivity contribution < 1.29 is 9.90 Å². The fourth-order valence-corrected chi connectivity index (χ4v) is 2.53. The Labute approximate surface area is 128 Å². The Kier molecular flexibility index (Phi) is 4.00. The molecule has 21 heavy (non-hydrogen) atoms. The molecule has 1 heterocycles. The number of aliphatic hydroxyl groups excluding tert-OH is 1. The van der Waals surface area contributed by atoms with Crippen LogP contribution in [0.25, 0.3) is 10.9 Å². The van der Waals surface area contributed by atoms with Gasteiger partial charge in [-0.05, 0) is 24.0 Å². The number of halogens is 1. The summed E-state index contributed by atoms with van der Waals surface area (Å²) < 4.78 is 1.71. The van der Waals surface area contributed by atoms with Crippen LogP contribution in [-0.4, -0.2) is 26.9 Å². The number of hydrogen-bond donors (Lipinski definition) is 2. The highest BCUT2D eigenvalue weighted by Crippen LogP contribution is 2.37. The van der Waals surface area contributed by atoms with Crippen molar-refractivity contribution in [1.82, 2.24) is 9.78 Å². The Bertz CT molecular complexity index is 699. The van der Waals surface area contributed by atoms with Crippen molar-refractivity contribution in [3.05, 3.63) is 22.7 Å². The van der Waals surface area contributed by atoms with E-state index in [1.165, 1.54) is 6.92 Å². The van der Waals surface area contributed by atoms with Gasteiger partial charge in [0.25, 0.3) is 5.91 Å². The third-order valence-corrected chi connectivity index (χ3v) is 3.68. The minimum absolute atomic E-state index is 0.0812. The van der Waals surface area contributed by atoms with E-state index in [4.69, 9.17) is 11.6 Å². The van der Waals surface area contributed by atoms with E-state index in [0.29, 0.717) is 16.2 Å². The number of rotatable bonds is 2. The molecule has 2 rings (SSSR count). The molecule has 0 saturated carbocycles. The van der Waals surface area contributed by atoms with E-state index in [-0.39, 0.29) is 5.41 Å². The number of amides is 1. The van der Waals surface area contributed by atoms with Gasteiger partial charge in [-0.3, -0.25) is 9.48 Å². The summed E-state index contributed by atoms with van der Waals surface area (Å²) >= 11 is 6.29. The maximum Gasteiger partial charge on any atom is 0.254 e. The van der Waals surface area contributed by atoms with Crippen LogP contribution in [-0.2, 0) is 17.3 Å². The predicted molar refractivity (Wildman–Crippen MR) is 84.7 cm³/mol. The quantitative estimate of drug-likeness (QED) is 0.896. The summed E-state index contributed by atoms with van der Waals surface area (Å²) in [6.07, 6.45) is -1.10. The van der Waals surface area contributed by atoms with Crippen molar-refractivity contribution in [3.8, 4) is 0 Å². The molecule has 1 atom stereocenters. The average Bonchev–Trinajstić information content (AvgIpc) is 2.66. The minimum atomic E-state index is -1.10. The zero-order valence-electron chi connectivity index (χ0n) is 12.9. The number of anilines is 1. The van der Waals surface area contributed by atoms with Crippen molar-refractivity contribution in [2.24, 2.45) is 7.05 Å². The molecule has 0 spiro atoms. The highest BCUT2D eigenvalue weighted by atomic mass is 35.5. The van der Waals surface area contributed by atoms with Gasteiger partial charge in [-0.2, -0.15) is 5.10 Å². The molecule has 0 bridgehead atoms. The number of carbonyl (C=O) groups excluding carboxylic acids is 1. The van der Waals surface area contributed by atoms with E-state index in [0.717, 1.165) is 11.1 Å². The van der Waals surface area contributed by atoms with Crippen LogP contribution in [0.5, 0.6) is 0 Å². The summed E-state index contributed by atoms with van der Waals surface area (Å²) in [6.45, 7) is 7.73. The molecule has 1 aromatic carbocycles. The highest BCUT2D eigenvalue weighted by Gasteiger charge is 2.24. The Morgan fingerprint density at radius 3 is 2.57 bits per heavy atom. The van der Waals surface area contributed by atoms with Crippen molar-refractivity contribution in [2.45, 2.75) is 39.2 Å². The monoisotopic (exact) mass is 309 g/mol. The van der Waals surface area contributed by atoms with E-state index in [1.54, 1.807) is 4.68 Å². The van der Waals surface area contributed by atoms with E-state index < -0.39 is 12.0 Å². The number of carbonyl (C=O) groups is 1. The van der Waals surface area contributed by atoms with Crippen LogP contribution in [0, 0.1) is 0 Å². The smallest absolute Gasteiger partial charge is 0.254 e. The number of hydrogen-bond acceptors (Lipinski definition) is 3. The van der Waals surface area contributed by atoms with Gasteiger partial charge in [-0.25, -0.2) is 0 Å². The molecule has 2 aromatic rings. The van der Waals surface area contributed by atoms with Crippen molar-refractivity contribution in [1.29, 1.82) is 0 Å². The molecule has 0 aliphatic heterocycles. The first-order valence-electron chi connectivity index (χ1n) is 6.77. The summed E-state index contributed by atoms with van der Waals surface area (Å²) in [5.74, 6) is -0.137. The lowest BCUT2D eigenvalue weighted by molar-refractivity contribution is -0.123. The van der Waals surface area contributed by atoms with Crippen LogP contribution in [0.2, 0.25) is 5.02 Å². The summed E-state index contributed by atoms with van der Waals surface area (Å²) in [5.41, 5.74) is 1.90. The van der Waals surface area contributed by atoms with Gasteiger partial charge in [0, 0.05) is 7.05 Å². The Morgan fingerprint density at radius 2 is 2.05 bits per heavy atom. The van der Waals surface area contributed by atoms with E-state index in [1.807, 2.05) is 19.2 Å². The lowest BCUT2D eigenvalue weighted by atomic mass is 9.85. The van der Waals surface area contributed by atoms with Crippen LogP contribution < -0.4 is 5.32 Å². The molecule has 0 radical (unpaired) electrons. The van der Waals surface area contributed by atoms with Gasteiger partial charge in [-0.15, -0.1) is 0 Å². The maximum atomic E-state index is 11.7. The van der Waals surface area contributed by atoms with Crippen LogP contribution in [0.4, 0.5) is 5.82 Å². The first-order chi connectivity index (χ1) is 9.62. The molecule has 114 valence electrons. The minimum Gasteiger partial charge on any atom is -0.384 e. The number of aliphatic hydroxyl groups is 1. The van der Waals surface area contributed by atoms with Crippen molar-refractivity contribution >= 4 is 34.2 Å². The second kappa shape index (κ2) is 5.31. The van der Waals surface area contributed by atoms with Gasteiger partial charge in [0.05, 0.1) is 15.9 Å². The third-order valence-electron chi connectivity index (χ3n) is 3.37. The Morgan fingerprint density at radius 1 is 1.43 bits per heavy atom. The third kappa shape index (κ3) is 2.89. The molecule has 0 fully saturated rings. The SMILES string of the molecule is C[C@@H](O)C(=O)Nc1nn(C)c2c(C(C)(C)C)ccc(Cl)c12. The first kappa shape index (κ1) is 15.8. The number of aryl methyl sites for hydroxylation is 1. The molecule has 0 aliphatic carbocycles. The largest absolute Gasteiger partial charge is 0.384 e. The van der Waals surface area contributed by atoms with E-state index in [2.05, 4.69) is 31.2 Å². The van der Waals surface area contributed by atoms with Crippen LogP contribution in [0.3, 0.4) is 0 Å². The molecule has 0 unspecified atom stereocenters. The summed E-state index contributed by atoms with van der Waals surface area (Å²) in [4.78, 5) is 11.7. The van der Waals surface area contributed by atoms with Crippen LogP contribution >= 0.6 is 11.6 Å². The summed E-state index contributed by atoms with van der Waals surface area (Å²) in [6, 6.07) is 3.79. The molecule has 1 amide bonds. The van der Waals surface area contributed by atoms with Gasteiger partial charge in [0.1, 0.15) is 6.10 Å². The van der Waals surface area contributed by atoms with Gasteiger partial charge < -0.3 is 10.4 Å². The fraction of sp³-hybridized carbons (Fsp3) is 0.467. The second-order valence-corrected chi connectivity index (χ2v) is 6.61. The number of nitrogens with zero attached hydrogens (tertiary/aromatic N) is 2. The zero-order valence-corrected chi connectivity index (χ0v) is 13.6. The molecule has 0 aliphatic rings. The van der Waals surface area contributed by atoms with Crippen molar-refractivity contribution in [2.75, 3.05) is 5.32 Å². The van der Waals surface area contributed by atoms with Crippen LogP contribution in [0.15, 0.2) is 12.1 Å². The number of nitrogens with one attached hydrogen (secondary N) is 1. The van der Waals surface area contributed by atoms with Crippen molar-refractivity contribution in [3.63, 3.8) is 0 Å². The van der Waals surface area contributed by atoms with E-state index >= 15 is 0 Å². The number of aromatic nitrogens is 2. The molecular weight excluding hydrogens is 290 g/mol. The molecule has 1 aromatic heterocycles. The van der Waals surface area contributed by atoms with Gasteiger partial charge >= 0.3 is 0 Å². The lowest BCUT2D eigenvalue weighted by Gasteiger charge is -2.20. The molecule has 5 nitrogen and oxygen atoms in total. The Hall–Kier alpha value is -1.59. The highest BCUT2D eigenvalue weighted by molar-refractivity contribution is 6.36. The van der Waals surface area contributed by atoms with Crippen LogP contribution in [0.1, 0.15) is 33.3 Å². The van der Waals surface area contributed by atoms with Gasteiger partial charge in [-0.1, -0.05) is 38.4 Å². The molecular formula is C15H20ClN3O2. The molecule has 0 saturated heterocycles. The van der Waals surface area contributed by atoms with Gasteiger partial charge in [0.2, 0.25) is 0 Å². The topological polar surface area (TPSA) is 67.2 Å². The summed E-state index contributed by atoms with van der Waals surface area (Å²) in [5, 5.41) is 17.5. The number of fused-ring (bicyclic) bond motifs is 1. The lowest BCUT2D eigenvalue weighted by Crippen LogP contribution is -2.24. The van der Waals surface area contributed by atoms with E-state index in [9.17, 15) is 9.90 Å². The standard InChI is InChI=1S/C15H20ClN3O2/c1-8(20)14(21)17-13-11-10(16)7-6-9(15(2,3)4)12(11)19(5)18-13/h6-8,20H,1-5H3,(H,17,18,21)/t8-/m1/s1. The summed E-state index contributed by atoms with van der Waals surface area (Å²) in [7, 11) is 1.81. The normalized spacial score (nSPS) is 13.5. The fourth-order valence-electron chi connectivity index (χ4n) is 2.29. The predicted octanol–water partition coefficient (Wildman–Crippen LogP) is 2.84. The number of benzene rings is 1. The average molecular weight is 310 g/mol. The first-order valence-corrected chi connectivity index (χ1v) is 7.15.